The monoisotopic (exact) mass is 448 g/mol. The fraction of sp³-hybridized carbons (Fsp3) is 0.238. The van der Waals surface area contributed by atoms with E-state index in [0.29, 0.717) is 35.2 Å². The molecule has 158 valence electrons. The molecular formula is C21H21ClN2O5S. The number of ether oxygens (including phenoxy) is 4. The van der Waals surface area contributed by atoms with E-state index in [9.17, 15) is 4.79 Å². The molecule has 7 nitrogen and oxygen atoms in total. The van der Waals surface area contributed by atoms with Gasteiger partial charge < -0.3 is 24.7 Å². The van der Waals surface area contributed by atoms with Crippen LogP contribution in [0.2, 0.25) is 5.02 Å². The number of carbonyl (C=O) groups excluding carboxylic acids is 1. The average Bonchev–Trinajstić information content (AvgIpc) is 3.23. The molecule has 3 aromatic rings. The number of aromatic nitrogens is 1. The number of nitrogen functional groups attached to an aromatic ring is 1. The molecule has 1 aromatic heterocycles. The van der Waals surface area contributed by atoms with E-state index in [0.717, 1.165) is 10.6 Å². The Kier molecular flexibility index (Phi) is 7.02. The number of hydrogen-bond acceptors (Lipinski definition) is 8. The van der Waals surface area contributed by atoms with Gasteiger partial charge >= 0.3 is 5.97 Å². The number of anilines is 1. The molecule has 0 saturated carbocycles. The number of nitrogens with two attached hydrogens (primary N) is 1. The Labute approximate surface area is 183 Å². The zero-order valence-electron chi connectivity index (χ0n) is 16.7. The van der Waals surface area contributed by atoms with E-state index in [1.807, 2.05) is 30.5 Å². The van der Waals surface area contributed by atoms with E-state index in [-0.39, 0.29) is 17.2 Å². The second-order valence-electron chi connectivity index (χ2n) is 6.09. The predicted octanol–water partition coefficient (Wildman–Crippen LogP) is 4.82. The third kappa shape index (κ3) is 4.77. The molecule has 0 fully saturated rings. The molecule has 0 aliphatic carbocycles. The molecule has 0 unspecified atom stereocenters. The van der Waals surface area contributed by atoms with Crippen molar-refractivity contribution in [2.75, 3.05) is 26.6 Å². The first kappa shape index (κ1) is 21.7. The maximum absolute atomic E-state index is 12.5. The summed E-state index contributed by atoms with van der Waals surface area (Å²) >= 11 is 7.45. The number of halogens is 1. The molecule has 0 radical (unpaired) electrons. The van der Waals surface area contributed by atoms with E-state index >= 15 is 0 Å². The number of rotatable bonds is 8. The van der Waals surface area contributed by atoms with Crippen LogP contribution in [0.15, 0.2) is 35.7 Å². The molecule has 0 aliphatic heterocycles. The molecule has 30 heavy (non-hydrogen) atoms. The molecule has 0 aliphatic rings. The van der Waals surface area contributed by atoms with Gasteiger partial charge in [0, 0.05) is 17.0 Å². The van der Waals surface area contributed by atoms with Crippen LogP contribution < -0.4 is 19.9 Å². The summed E-state index contributed by atoms with van der Waals surface area (Å²) in [6.07, 6.45) is 0. The number of carbonyl (C=O) groups is 1. The number of nitrogens with zero attached hydrogens (tertiary/aromatic N) is 1. The van der Waals surface area contributed by atoms with Crippen molar-refractivity contribution in [3.63, 3.8) is 0 Å². The fourth-order valence-electron chi connectivity index (χ4n) is 2.70. The number of hydrogen-bond donors (Lipinski definition) is 1. The number of methoxy groups -OCH3 is 2. The minimum absolute atomic E-state index is 0.00858. The Hall–Kier alpha value is -2.97. The number of benzene rings is 2. The highest BCUT2D eigenvalue weighted by Gasteiger charge is 2.17. The Balaban J connectivity index is 1.72. The third-order valence-electron chi connectivity index (χ3n) is 4.15. The van der Waals surface area contributed by atoms with Crippen LogP contribution in [-0.4, -0.2) is 31.8 Å². The maximum Gasteiger partial charge on any atom is 0.342 e. The molecule has 9 heteroatoms. The summed E-state index contributed by atoms with van der Waals surface area (Å²) in [7, 11) is 3.03. The first-order valence-electron chi connectivity index (χ1n) is 9.02. The van der Waals surface area contributed by atoms with Crippen LogP contribution in [0, 0.1) is 0 Å². The van der Waals surface area contributed by atoms with Gasteiger partial charge in [-0.3, -0.25) is 0 Å². The van der Waals surface area contributed by atoms with E-state index in [1.54, 1.807) is 7.11 Å². The van der Waals surface area contributed by atoms with Gasteiger partial charge in [-0.25, -0.2) is 9.78 Å². The SMILES string of the molecule is CCOc1ccc(-c2nc(COC(=O)c3cc(Cl)c(N)cc3OC)cs2)cc1OC. The largest absolute Gasteiger partial charge is 0.496 e. The summed E-state index contributed by atoms with van der Waals surface area (Å²) in [6.45, 7) is 2.47. The first-order chi connectivity index (χ1) is 14.5. The van der Waals surface area contributed by atoms with Crippen LogP contribution in [-0.2, 0) is 11.3 Å². The predicted molar refractivity (Wildman–Crippen MR) is 117 cm³/mol. The van der Waals surface area contributed by atoms with Crippen molar-refractivity contribution >= 4 is 34.6 Å². The minimum Gasteiger partial charge on any atom is -0.496 e. The highest BCUT2D eigenvalue weighted by molar-refractivity contribution is 7.13. The lowest BCUT2D eigenvalue weighted by atomic mass is 10.2. The first-order valence-corrected chi connectivity index (χ1v) is 10.3. The van der Waals surface area contributed by atoms with E-state index in [2.05, 4.69) is 4.98 Å². The van der Waals surface area contributed by atoms with E-state index in [4.69, 9.17) is 36.3 Å². The van der Waals surface area contributed by atoms with Gasteiger partial charge in [0.2, 0.25) is 0 Å². The molecule has 0 spiro atoms. The molecular weight excluding hydrogens is 428 g/mol. The standard InChI is InChI=1S/C21H21ClN2O5S/c1-4-28-17-6-5-12(7-19(17)27-3)20-24-13(11-30-20)10-29-21(25)14-8-15(22)16(23)9-18(14)26-2/h5-9,11H,4,10,23H2,1-3H3. The lowest BCUT2D eigenvalue weighted by Crippen LogP contribution is -2.08. The average molecular weight is 449 g/mol. The van der Waals surface area contributed by atoms with Gasteiger partial charge in [-0.1, -0.05) is 11.6 Å². The highest BCUT2D eigenvalue weighted by atomic mass is 35.5. The van der Waals surface area contributed by atoms with Crippen molar-refractivity contribution in [3.05, 3.63) is 52.0 Å². The zero-order valence-corrected chi connectivity index (χ0v) is 18.3. The molecule has 3 rings (SSSR count). The minimum atomic E-state index is -0.578. The van der Waals surface area contributed by atoms with Crippen LogP contribution >= 0.6 is 22.9 Å². The fourth-order valence-corrected chi connectivity index (χ4v) is 3.66. The summed E-state index contributed by atoms with van der Waals surface area (Å²) in [5.41, 5.74) is 7.76. The van der Waals surface area contributed by atoms with Gasteiger partial charge in [0.25, 0.3) is 0 Å². The van der Waals surface area contributed by atoms with Crippen LogP contribution in [0.1, 0.15) is 23.0 Å². The summed E-state index contributed by atoms with van der Waals surface area (Å²) in [4.78, 5) is 17.0. The summed E-state index contributed by atoms with van der Waals surface area (Å²) in [5, 5.41) is 2.86. The van der Waals surface area contributed by atoms with Crippen molar-refractivity contribution in [3.8, 4) is 27.8 Å². The lowest BCUT2D eigenvalue weighted by Gasteiger charge is -2.10. The third-order valence-corrected chi connectivity index (χ3v) is 5.42. The molecule has 0 bridgehead atoms. The Morgan fingerprint density at radius 3 is 2.60 bits per heavy atom. The normalized spacial score (nSPS) is 10.5. The molecule has 0 amide bonds. The quantitative estimate of drug-likeness (QED) is 0.390. The van der Waals surface area contributed by atoms with Crippen molar-refractivity contribution in [2.45, 2.75) is 13.5 Å². The van der Waals surface area contributed by atoms with E-state index in [1.165, 1.54) is 30.6 Å². The van der Waals surface area contributed by atoms with Gasteiger partial charge in [-0.2, -0.15) is 0 Å². The van der Waals surface area contributed by atoms with Crippen molar-refractivity contribution in [2.24, 2.45) is 0 Å². The van der Waals surface area contributed by atoms with Gasteiger partial charge in [-0.15, -0.1) is 11.3 Å². The van der Waals surface area contributed by atoms with Gasteiger partial charge in [0.05, 0.1) is 37.2 Å². The smallest absolute Gasteiger partial charge is 0.342 e. The van der Waals surface area contributed by atoms with Gasteiger partial charge in [0.15, 0.2) is 11.5 Å². The molecule has 0 saturated heterocycles. The molecule has 2 N–H and O–H groups in total. The number of esters is 1. The Morgan fingerprint density at radius 1 is 1.13 bits per heavy atom. The van der Waals surface area contributed by atoms with Crippen molar-refractivity contribution in [1.29, 1.82) is 0 Å². The molecule has 1 heterocycles. The van der Waals surface area contributed by atoms with Crippen molar-refractivity contribution in [1.82, 2.24) is 4.98 Å². The van der Waals surface area contributed by atoms with Crippen LogP contribution in [0.4, 0.5) is 5.69 Å². The summed E-state index contributed by atoms with van der Waals surface area (Å²) in [6, 6.07) is 8.52. The zero-order chi connectivity index (χ0) is 21.7. The van der Waals surface area contributed by atoms with Crippen LogP contribution in [0.3, 0.4) is 0 Å². The molecule has 2 aromatic carbocycles. The van der Waals surface area contributed by atoms with Gasteiger partial charge in [-0.05, 0) is 31.2 Å². The second kappa shape index (κ2) is 9.69. The van der Waals surface area contributed by atoms with Crippen molar-refractivity contribution < 1.29 is 23.7 Å². The number of thiazole rings is 1. The van der Waals surface area contributed by atoms with E-state index < -0.39 is 5.97 Å². The maximum atomic E-state index is 12.5. The molecule has 0 atom stereocenters. The van der Waals surface area contributed by atoms with Gasteiger partial charge in [0.1, 0.15) is 22.9 Å². The Morgan fingerprint density at radius 2 is 1.90 bits per heavy atom. The Bertz CT molecular complexity index is 1050. The topological polar surface area (TPSA) is 92.9 Å². The van der Waals surface area contributed by atoms with Crippen LogP contribution in [0.25, 0.3) is 10.6 Å². The summed E-state index contributed by atoms with van der Waals surface area (Å²) in [5.74, 6) is 1.02. The highest BCUT2D eigenvalue weighted by Crippen LogP contribution is 2.34. The van der Waals surface area contributed by atoms with Crippen LogP contribution in [0.5, 0.6) is 17.2 Å². The summed E-state index contributed by atoms with van der Waals surface area (Å²) < 4.78 is 21.5. The lowest BCUT2D eigenvalue weighted by molar-refractivity contribution is 0.0465. The second-order valence-corrected chi connectivity index (χ2v) is 7.36.